The summed E-state index contributed by atoms with van der Waals surface area (Å²) in [5.74, 6) is 0.502. The van der Waals surface area contributed by atoms with Crippen LogP contribution in [0.2, 0.25) is 0 Å². The molecule has 7 rings (SSSR count). The van der Waals surface area contributed by atoms with Crippen molar-refractivity contribution < 1.29 is 23.8 Å². The number of nitriles is 1. The molecule has 2 aromatic heterocycles. The van der Waals surface area contributed by atoms with Crippen LogP contribution < -0.4 is 4.74 Å². The monoisotopic (exact) mass is 552 g/mol. The minimum Gasteiger partial charge on any atom is -0.478 e. The Bertz CT molecular complexity index is 1660. The molecule has 3 unspecified atom stereocenters. The Balaban J connectivity index is 1.05. The number of halogens is 1. The number of benzene rings is 1. The molecule has 1 saturated heterocycles. The van der Waals surface area contributed by atoms with Gasteiger partial charge in [0.2, 0.25) is 5.88 Å². The molecule has 1 spiro atoms. The molecule has 9 heteroatoms. The van der Waals surface area contributed by atoms with Crippen molar-refractivity contribution in [1.82, 2.24) is 14.5 Å². The Labute approximate surface area is 236 Å². The zero-order chi connectivity index (χ0) is 28.1. The lowest BCUT2D eigenvalue weighted by Crippen LogP contribution is -2.32. The number of ether oxygens (including phenoxy) is 2. The highest BCUT2D eigenvalue weighted by Gasteiger charge is 2.57. The lowest BCUT2D eigenvalue weighted by Gasteiger charge is -2.28. The van der Waals surface area contributed by atoms with Crippen LogP contribution >= 0.6 is 0 Å². The molecule has 1 aliphatic heterocycles. The fourth-order valence-corrected chi connectivity index (χ4v) is 6.38. The van der Waals surface area contributed by atoms with Gasteiger partial charge >= 0.3 is 5.97 Å². The summed E-state index contributed by atoms with van der Waals surface area (Å²) in [4.78, 5) is 21.2. The highest BCUT2D eigenvalue weighted by Crippen LogP contribution is 2.66. The Hall–Kier alpha value is -4.29. The van der Waals surface area contributed by atoms with Crippen LogP contribution in [0.25, 0.3) is 11.6 Å². The molecule has 0 radical (unpaired) electrons. The maximum absolute atomic E-state index is 14.2. The van der Waals surface area contributed by atoms with Gasteiger partial charge in [0.1, 0.15) is 18.2 Å². The summed E-state index contributed by atoms with van der Waals surface area (Å²) in [5, 5.41) is 18.4. The summed E-state index contributed by atoms with van der Waals surface area (Å²) in [6, 6.07) is 11.9. The van der Waals surface area contributed by atoms with Crippen molar-refractivity contribution in [2.45, 2.75) is 63.7 Å². The minimum atomic E-state index is -0.881. The fourth-order valence-electron chi connectivity index (χ4n) is 6.38. The van der Waals surface area contributed by atoms with Crippen molar-refractivity contribution in [3.63, 3.8) is 0 Å². The molecule has 208 valence electrons. The molecular weight excluding hydrogens is 523 g/mol. The van der Waals surface area contributed by atoms with Crippen LogP contribution in [0.1, 0.15) is 72.1 Å². The highest BCUT2D eigenvalue weighted by atomic mass is 19.1. The van der Waals surface area contributed by atoms with Gasteiger partial charge in [-0.25, -0.2) is 19.2 Å². The summed E-state index contributed by atoms with van der Waals surface area (Å²) in [6.45, 7) is 1.54. The predicted octanol–water partition coefficient (Wildman–Crippen LogP) is 5.42. The van der Waals surface area contributed by atoms with Gasteiger partial charge < -0.3 is 19.1 Å². The molecule has 8 nitrogen and oxygen atoms in total. The number of aliphatic carboxylic acids is 1. The van der Waals surface area contributed by atoms with Crippen LogP contribution in [-0.2, 0) is 29.1 Å². The zero-order valence-corrected chi connectivity index (χ0v) is 22.5. The van der Waals surface area contributed by atoms with E-state index in [1.54, 1.807) is 24.3 Å². The summed E-state index contributed by atoms with van der Waals surface area (Å²) in [5.41, 5.74) is 5.06. The molecule has 0 bridgehead atoms. The van der Waals surface area contributed by atoms with E-state index in [9.17, 15) is 14.3 Å². The molecule has 3 atom stereocenters. The maximum Gasteiger partial charge on any atom is 0.332 e. The fraction of sp³-hybridized carbons (Fsp3) is 0.375. The van der Waals surface area contributed by atoms with E-state index < -0.39 is 11.8 Å². The van der Waals surface area contributed by atoms with Gasteiger partial charge in [0.05, 0.1) is 35.7 Å². The van der Waals surface area contributed by atoms with Crippen LogP contribution in [0.3, 0.4) is 0 Å². The molecule has 3 aliphatic carbocycles. The first-order chi connectivity index (χ1) is 19.9. The number of imidazole rings is 1. The Morgan fingerprint density at radius 3 is 2.88 bits per heavy atom. The summed E-state index contributed by atoms with van der Waals surface area (Å²) in [7, 11) is 0. The predicted molar refractivity (Wildman–Crippen MR) is 147 cm³/mol. The van der Waals surface area contributed by atoms with Gasteiger partial charge in [-0.05, 0) is 67.4 Å². The van der Waals surface area contributed by atoms with Gasteiger partial charge in [0, 0.05) is 41.8 Å². The van der Waals surface area contributed by atoms with E-state index >= 15 is 0 Å². The number of nitrogens with zero attached hydrogens (tertiary/aromatic N) is 4. The number of allylic oxidation sites excluding steroid dienone is 2. The van der Waals surface area contributed by atoms with Crippen molar-refractivity contribution in [3.8, 4) is 11.9 Å². The molecule has 41 heavy (non-hydrogen) atoms. The third-order valence-corrected chi connectivity index (χ3v) is 9.02. The molecule has 1 aromatic carbocycles. The van der Waals surface area contributed by atoms with E-state index in [1.807, 2.05) is 18.2 Å². The van der Waals surface area contributed by atoms with Crippen molar-refractivity contribution in [2.24, 2.45) is 5.41 Å². The lowest BCUT2D eigenvalue weighted by molar-refractivity contribution is -0.132. The average Bonchev–Trinajstić information content (AvgIpc) is 3.30. The number of carboxylic acid groups (broad SMARTS) is 1. The van der Waals surface area contributed by atoms with Crippen LogP contribution in [0.4, 0.5) is 4.39 Å². The number of hydrogen-bond donors (Lipinski definition) is 1. The zero-order valence-electron chi connectivity index (χ0n) is 22.5. The Morgan fingerprint density at radius 1 is 1.29 bits per heavy atom. The molecule has 4 aliphatic rings. The number of carboxylic acids is 1. The molecule has 2 fully saturated rings. The van der Waals surface area contributed by atoms with E-state index in [2.05, 4.69) is 15.6 Å². The SMILES string of the molecule is N#Cc1ccc(COc2cccc(C3=CCC4(CC3)CC4c3nc4c(n3CC3CCO3)CC(C(=O)O)=C4)n2)c(F)c1. The van der Waals surface area contributed by atoms with E-state index in [1.165, 1.54) is 11.6 Å². The van der Waals surface area contributed by atoms with Crippen molar-refractivity contribution in [3.05, 3.63) is 87.9 Å². The van der Waals surface area contributed by atoms with Crippen LogP contribution in [0.5, 0.6) is 5.88 Å². The van der Waals surface area contributed by atoms with Crippen LogP contribution in [-0.4, -0.2) is 38.3 Å². The Morgan fingerprint density at radius 2 is 2.17 bits per heavy atom. The number of rotatable bonds is 8. The molecule has 1 saturated carbocycles. The van der Waals surface area contributed by atoms with Gasteiger partial charge in [0.25, 0.3) is 0 Å². The van der Waals surface area contributed by atoms with Crippen molar-refractivity contribution >= 4 is 17.6 Å². The first-order valence-corrected chi connectivity index (χ1v) is 14.0. The summed E-state index contributed by atoms with van der Waals surface area (Å²) in [6.07, 6.45) is 9.54. The first-order valence-electron chi connectivity index (χ1n) is 14.0. The number of aromatic nitrogens is 3. The van der Waals surface area contributed by atoms with Gasteiger partial charge in [-0.3, -0.25) is 0 Å². The summed E-state index contributed by atoms with van der Waals surface area (Å²) < 4.78 is 28.0. The highest BCUT2D eigenvalue weighted by molar-refractivity contribution is 5.94. The van der Waals surface area contributed by atoms with E-state index in [-0.39, 0.29) is 23.7 Å². The topological polar surface area (TPSA) is 110 Å². The molecule has 3 heterocycles. The van der Waals surface area contributed by atoms with Crippen LogP contribution in [0.15, 0.2) is 48.0 Å². The second kappa shape index (κ2) is 9.96. The van der Waals surface area contributed by atoms with Gasteiger partial charge in [0.15, 0.2) is 0 Å². The normalized spacial score (nSPS) is 24.2. The van der Waals surface area contributed by atoms with Crippen molar-refractivity contribution in [1.29, 1.82) is 5.26 Å². The molecular formula is C32H29FN4O4. The lowest BCUT2D eigenvalue weighted by atomic mass is 9.83. The maximum atomic E-state index is 14.2. The largest absolute Gasteiger partial charge is 0.478 e. The van der Waals surface area contributed by atoms with E-state index in [0.717, 1.165) is 68.2 Å². The number of pyridine rings is 1. The standard InChI is InChI=1S/C32H29FN4O4/c33-25-12-19(16-34)4-5-21(25)18-41-29-3-1-2-26(35-29)20-6-9-32(10-7-20)15-24(32)30-36-27-13-22(31(38)39)14-28(27)37(30)17-23-8-11-40-23/h1-6,12-13,23-24H,7-11,14-15,17-18H2,(H,38,39). The van der Waals surface area contributed by atoms with Crippen molar-refractivity contribution in [2.75, 3.05) is 6.61 Å². The smallest absolute Gasteiger partial charge is 0.332 e. The molecule has 0 amide bonds. The van der Waals surface area contributed by atoms with Gasteiger partial charge in [-0.2, -0.15) is 5.26 Å². The third-order valence-electron chi connectivity index (χ3n) is 9.02. The molecule has 1 N–H and O–H groups in total. The van der Waals surface area contributed by atoms with Gasteiger partial charge in [-0.15, -0.1) is 0 Å². The Kier molecular flexibility index (Phi) is 6.24. The van der Waals surface area contributed by atoms with E-state index in [4.69, 9.17) is 19.7 Å². The quantitative estimate of drug-likeness (QED) is 0.397. The number of hydrogen-bond acceptors (Lipinski definition) is 6. The van der Waals surface area contributed by atoms with E-state index in [0.29, 0.717) is 29.4 Å². The molecule has 3 aromatic rings. The second-order valence-electron chi connectivity index (χ2n) is 11.5. The average molecular weight is 553 g/mol. The number of fused-ring (bicyclic) bond motifs is 1. The number of carbonyl (C=O) groups is 1. The van der Waals surface area contributed by atoms with Crippen LogP contribution in [0, 0.1) is 22.6 Å². The summed E-state index contributed by atoms with van der Waals surface area (Å²) >= 11 is 0. The minimum absolute atomic E-state index is 0.0313. The first kappa shape index (κ1) is 25.7. The second-order valence-corrected chi connectivity index (χ2v) is 11.5. The van der Waals surface area contributed by atoms with Gasteiger partial charge in [-0.1, -0.05) is 18.2 Å². The third kappa shape index (κ3) is 4.72.